The van der Waals surface area contributed by atoms with Crippen molar-refractivity contribution in [2.24, 2.45) is 33.5 Å². The lowest BCUT2D eigenvalue weighted by Gasteiger charge is -2.48. The molecule has 4 aliphatic carbocycles. The molecule has 0 amide bonds. The van der Waals surface area contributed by atoms with Crippen molar-refractivity contribution in [1.82, 2.24) is 0 Å². The van der Waals surface area contributed by atoms with Crippen LogP contribution in [0.25, 0.3) is 0 Å². The molecule has 6 heteroatoms. The Bertz CT molecular complexity index is 1190. The van der Waals surface area contributed by atoms with Crippen LogP contribution >= 0.6 is 0 Å². The van der Waals surface area contributed by atoms with Crippen LogP contribution in [0.4, 0.5) is 0 Å². The molecule has 0 radical (unpaired) electrons. The van der Waals surface area contributed by atoms with E-state index in [0.717, 1.165) is 12.8 Å². The van der Waals surface area contributed by atoms with Crippen LogP contribution in [-0.2, 0) is 29.8 Å². The highest BCUT2D eigenvalue weighted by atomic mass is 16.7. The Morgan fingerprint density at radius 1 is 0.579 bits per heavy atom. The zero-order valence-electron chi connectivity index (χ0n) is 23.7. The molecule has 198 valence electrons. The molecule has 0 aromatic heterocycles. The maximum Gasteiger partial charge on any atom is 0.489 e. The third-order valence-electron chi connectivity index (χ3n) is 13.6. The van der Waals surface area contributed by atoms with E-state index in [0.29, 0.717) is 11.8 Å². The van der Waals surface area contributed by atoms with Gasteiger partial charge < -0.3 is 18.6 Å². The van der Waals surface area contributed by atoms with E-state index in [-0.39, 0.29) is 33.9 Å². The van der Waals surface area contributed by atoms with E-state index in [2.05, 4.69) is 102 Å². The number of fused-ring (bicyclic) bond motifs is 10. The molecule has 4 nitrogen and oxygen atoms in total. The Morgan fingerprint density at radius 2 is 0.947 bits per heavy atom. The molecule has 0 N–H and O–H groups in total. The molecule has 2 saturated heterocycles. The van der Waals surface area contributed by atoms with Gasteiger partial charge in [0.2, 0.25) is 0 Å². The summed E-state index contributed by atoms with van der Waals surface area (Å²) in [6, 6.07) is 21.7. The Morgan fingerprint density at radius 3 is 1.32 bits per heavy atom. The quantitative estimate of drug-likeness (QED) is 0.438. The molecule has 38 heavy (non-hydrogen) atoms. The fourth-order valence-corrected chi connectivity index (χ4v) is 10.9. The fourth-order valence-electron chi connectivity index (χ4n) is 10.9. The maximum absolute atomic E-state index is 7.27. The number of rotatable bonds is 3. The molecule has 2 aliphatic heterocycles. The summed E-state index contributed by atoms with van der Waals surface area (Å²) in [5, 5.41) is 0. The Balaban J connectivity index is 1.22. The van der Waals surface area contributed by atoms with Gasteiger partial charge in [0.1, 0.15) is 11.2 Å². The first-order chi connectivity index (χ1) is 18.0. The summed E-state index contributed by atoms with van der Waals surface area (Å²) in [4.78, 5) is 0. The van der Waals surface area contributed by atoms with Crippen LogP contribution in [0, 0.1) is 33.5 Å². The predicted octanol–water partition coefficient (Wildman–Crippen LogP) is 6.58. The molecule has 6 aliphatic rings. The average Bonchev–Trinajstić information content (AvgIpc) is 3.66. The highest BCUT2D eigenvalue weighted by molar-refractivity contribution is 7.11. The zero-order valence-corrected chi connectivity index (χ0v) is 23.7. The van der Waals surface area contributed by atoms with E-state index < -0.39 is 25.2 Å². The zero-order chi connectivity index (χ0) is 26.3. The molecule has 2 aromatic rings. The van der Waals surface area contributed by atoms with Gasteiger partial charge in [0, 0.05) is 10.8 Å². The van der Waals surface area contributed by atoms with E-state index in [1.165, 1.54) is 24.0 Å². The molecule has 8 rings (SSSR count). The maximum atomic E-state index is 7.27. The third-order valence-corrected chi connectivity index (χ3v) is 13.6. The Hall–Kier alpha value is -1.59. The average molecular weight is 510 g/mol. The van der Waals surface area contributed by atoms with Crippen molar-refractivity contribution in [2.45, 2.75) is 90.6 Å². The molecular formula is C32H40B2O4. The van der Waals surface area contributed by atoms with Crippen LogP contribution in [0.3, 0.4) is 0 Å². The summed E-state index contributed by atoms with van der Waals surface area (Å²) < 4.78 is 28.6. The molecule has 2 aromatic carbocycles. The van der Waals surface area contributed by atoms with Crippen molar-refractivity contribution in [1.29, 1.82) is 0 Å². The largest absolute Gasteiger partial charge is 0.489 e. The normalized spacial score (nSPS) is 47.1. The van der Waals surface area contributed by atoms with Gasteiger partial charge in [0.25, 0.3) is 0 Å². The van der Waals surface area contributed by atoms with Crippen LogP contribution in [0.15, 0.2) is 60.7 Å². The van der Waals surface area contributed by atoms with Gasteiger partial charge in [-0.3, -0.25) is 0 Å². The number of hydrogen-bond acceptors (Lipinski definition) is 4. The van der Waals surface area contributed by atoms with Crippen molar-refractivity contribution in [3.05, 3.63) is 71.8 Å². The standard InChI is InChI=1S/C32H40B2O4/c1-27(2)23-17-19-29(27,5)31(21-13-9-7-10-14-21)25(23)35-33(37-31)34-36-26-24-18-20-30(6,28(24,3)4)32(26,38-34)22-15-11-8-12-16-22/h7-16,23-26H,17-20H2,1-6H3/t23-,24-,25-,26-,29-,30-,31-,32-/m1/s1. The lowest BCUT2D eigenvalue weighted by molar-refractivity contribution is -0.0828. The van der Waals surface area contributed by atoms with Crippen molar-refractivity contribution >= 4 is 14.0 Å². The Labute approximate surface area is 228 Å². The van der Waals surface area contributed by atoms with E-state index in [4.69, 9.17) is 18.6 Å². The van der Waals surface area contributed by atoms with Crippen LogP contribution in [0.5, 0.6) is 0 Å². The molecule has 2 heterocycles. The molecule has 4 saturated carbocycles. The first-order valence-electron chi connectivity index (χ1n) is 14.8. The van der Waals surface area contributed by atoms with E-state index in [1.54, 1.807) is 0 Å². The summed E-state index contributed by atoms with van der Waals surface area (Å²) in [6.07, 6.45) is 4.62. The van der Waals surface area contributed by atoms with Crippen LogP contribution < -0.4 is 0 Å². The predicted molar refractivity (Wildman–Crippen MR) is 149 cm³/mol. The van der Waals surface area contributed by atoms with Gasteiger partial charge in [-0.1, -0.05) is 102 Å². The van der Waals surface area contributed by atoms with Gasteiger partial charge in [-0.2, -0.15) is 0 Å². The van der Waals surface area contributed by atoms with E-state index in [9.17, 15) is 0 Å². The summed E-state index contributed by atoms with van der Waals surface area (Å²) in [5.74, 6) is 0.878. The highest BCUT2D eigenvalue weighted by Crippen LogP contribution is 2.78. The summed E-state index contributed by atoms with van der Waals surface area (Å²) in [7, 11) is -1.10. The lowest BCUT2D eigenvalue weighted by atomic mass is 9.48. The number of benzene rings is 2. The van der Waals surface area contributed by atoms with Gasteiger partial charge in [0.15, 0.2) is 0 Å². The molecular weight excluding hydrogens is 470 g/mol. The minimum Gasteiger partial charge on any atom is -0.407 e. The molecule has 6 fully saturated rings. The van der Waals surface area contributed by atoms with Gasteiger partial charge in [0.05, 0.1) is 12.2 Å². The number of hydrogen-bond donors (Lipinski definition) is 0. The third kappa shape index (κ3) is 2.33. The SMILES string of the molecule is CC1(C)[C@@H]2CC[C@@]1(C)[C@]1(c3ccccc3)OB(B3O[C@@H]4[C@H]5CC[C@](C)(C5(C)C)[C@]4(c4ccccc4)O3)O[C@H]21. The first kappa shape index (κ1) is 24.2. The summed E-state index contributed by atoms with van der Waals surface area (Å²) >= 11 is 0. The van der Waals surface area contributed by atoms with Crippen molar-refractivity contribution in [2.75, 3.05) is 0 Å². The smallest absolute Gasteiger partial charge is 0.407 e. The fraction of sp³-hybridized carbons (Fsp3) is 0.625. The van der Waals surface area contributed by atoms with Gasteiger partial charge >= 0.3 is 14.0 Å². The molecule has 0 spiro atoms. The summed E-state index contributed by atoms with van der Waals surface area (Å²) in [6.45, 7) is 14.6. The second-order valence-electron chi connectivity index (χ2n) is 14.7. The van der Waals surface area contributed by atoms with Gasteiger partial charge in [-0.25, -0.2) is 0 Å². The lowest BCUT2D eigenvalue weighted by Crippen LogP contribution is -2.52. The van der Waals surface area contributed by atoms with Crippen LogP contribution in [0.1, 0.15) is 78.4 Å². The highest BCUT2D eigenvalue weighted by Gasteiger charge is 2.83. The molecule has 8 atom stereocenters. The topological polar surface area (TPSA) is 36.9 Å². The second kappa shape index (κ2) is 7.18. The second-order valence-corrected chi connectivity index (χ2v) is 14.7. The van der Waals surface area contributed by atoms with E-state index in [1.807, 2.05) is 0 Å². The van der Waals surface area contributed by atoms with Gasteiger partial charge in [-0.15, -0.1) is 0 Å². The van der Waals surface area contributed by atoms with Crippen LogP contribution in [0.2, 0.25) is 0 Å². The first-order valence-corrected chi connectivity index (χ1v) is 14.8. The minimum atomic E-state index is -0.548. The van der Waals surface area contributed by atoms with Gasteiger partial charge in [-0.05, 0) is 59.5 Å². The van der Waals surface area contributed by atoms with E-state index >= 15 is 0 Å². The molecule has 4 bridgehead atoms. The van der Waals surface area contributed by atoms with Crippen molar-refractivity contribution in [3.8, 4) is 0 Å². The monoisotopic (exact) mass is 510 g/mol. The van der Waals surface area contributed by atoms with Crippen molar-refractivity contribution in [3.63, 3.8) is 0 Å². The van der Waals surface area contributed by atoms with Crippen LogP contribution in [-0.4, -0.2) is 26.2 Å². The summed E-state index contributed by atoms with van der Waals surface area (Å²) in [5.41, 5.74) is 1.62. The minimum absolute atomic E-state index is 0.00674. The van der Waals surface area contributed by atoms with Crippen molar-refractivity contribution < 1.29 is 18.6 Å². The Kier molecular flexibility index (Phi) is 4.58. The molecule has 0 unspecified atom stereocenters.